The molecular formula is C7H10BrNO3. The van der Waals surface area contributed by atoms with Crippen molar-refractivity contribution in [3.8, 4) is 0 Å². The first-order chi connectivity index (χ1) is 5.49. The molecular weight excluding hydrogens is 226 g/mol. The van der Waals surface area contributed by atoms with Crippen LogP contribution in [0.1, 0.15) is 20.3 Å². The minimum absolute atomic E-state index is 0.0926. The minimum Gasteiger partial charge on any atom is -0.477 e. The maximum atomic E-state index is 10.5. The molecule has 0 bridgehead atoms. The second-order valence-electron chi connectivity index (χ2n) is 2.12. The number of rotatable bonds is 3. The van der Waals surface area contributed by atoms with Crippen LogP contribution in [-0.4, -0.2) is 17.0 Å². The largest absolute Gasteiger partial charge is 0.477 e. The van der Waals surface area contributed by atoms with E-state index in [1.165, 1.54) is 6.92 Å². The van der Waals surface area contributed by atoms with Crippen molar-refractivity contribution in [2.45, 2.75) is 20.3 Å². The highest BCUT2D eigenvalue weighted by Gasteiger charge is 2.12. The Labute approximate surface area is 78.8 Å². The number of halogens is 1. The zero-order valence-electron chi connectivity index (χ0n) is 6.85. The fourth-order valence-corrected chi connectivity index (χ4v) is 0.859. The molecule has 0 radical (unpaired) electrons. The lowest BCUT2D eigenvalue weighted by atomic mass is 10.3. The highest BCUT2D eigenvalue weighted by molar-refractivity contribution is 9.11. The van der Waals surface area contributed by atoms with Crippen LogP contribution in [0.2, 0.25) is 0 Å². The van der Waals surface area contributed by atoms with Crippen LogP contribution >= 0.6 is 15.9 Å². The monoisotopic (exact) mass is 235 g/mol. The van der Waals surface area contributed by atoms with Crippen LogP contribution in [0, 0.1) is 0 Å². The first-order valence-corrected chi connectivity index (χ1v) is 4.17. The third-order valence-electron chi connectivity index (χ3n) is 1.10. The second-order valence-corrected chi connectivity index (χ2v) is 3.08. The van der Waals surface area contributed by atoms with Crippen molar-refractivity contribution >= 4 is 27.8 Å². The molecule has 0 heterocycles. The zero-order valence-corrected chi connectivity index (χ0v) is 8.43. The third-order valence-corrected chi connectivity index (χ3v) is 2.05. The van der Waals surface area contributed by atoms with Gasteiger partial charge in [0.2, 0.25) is 5.91 Å². The van der Waals surface area contributed by atoms with Crippen LogP contribution in [0.15, 0.2) is 10.2 Å². The number of allylic oxidation sites excluding steroid dienone is 1. The molecule has 2 N–H and O–H groups in total. The Bertz CT molecular complexity index is 235. The van der Waals surface area contributed by atoms with Gasteiger partial charge in [-0.15, -0.1) is 0 Å². The van der Waals surface area contributed by atoms with Gasteiger partial charge in [-0.25, -0.2) is 4.79 Å². The minimum atomic E-state index is -1.14. The molecule has 0 unspecified atom stereocenters. The summed E-state index contributed by atoms with van der Waals surface area (Å²) in [6.07, 6.45) is 0.530. The molecule has 0 aliphatic carbocycles. The van der Waals surface area contributed by atoms with Crippen molar-refractivity contribution in [2.75, 3.05) is 0 Å². The van der Waals surface area contributed by atoms with Crippen LogP contribution in [0.3, 0.4) is 0 Å². The molecule has 0 saturated heterocycles. The quantitative estimate of drug-likeness (QED) is 0.724. The van der Waals surface area contributed by atoms with E-state index in [4.69, 9.17) is 5.11 Å². The van der Waals surface area contributed by atoms with Gasteiger partial charge in [0, 0.05) is 11.4 Å². The van der Waals surface area contributed by atoms with Crippen molar-refractivity contribution in [2.24, 2.45) is 0 Å². The van der Waals surface area contributed by atoms with Crippen LogP contribution in [-0.2, 0) is 9.59 Å². The summed E-state index contributed by atoms with van der Waals surface area (Å²) in [7, 11) is 0. The molecule has 0 aromatic carbocycles. The first kappa shape index (κ1) is 11.2. The molecule has 0 spiro atoms. The summed E-state index contributed by atoms with van der Waals surface area (Å²) in [4.78, 5) is 21.1. The smallest absolute Gasteiger partial charge is 0.353 e. The van der Waals surface area contributed by atoms with Gasteiger partial charge in [-0.05, 0) is 6.42 Å². The summed E-state index contributed by atoms with van der Waals surface area (Å²) in [5.41, 5.74) is -0.0926. The number of aliphatic carboxylic acids is 1. The lowest BCUT2D eigenvalue weighted by Crippen LogP contribution is -2.25. The lowest BCUT2D eigenvalue weighted by molar-refractivity contribution is -0.134. The van der Waals surface area contributed by atoms with Crippen LogP contribution in [0.5, 0.6) is 0 Å². The third kappa shape index (κ3) is 3.52. The molecule has 0 aromatic rings. The van der Waals surface area contributed by atoms with Gasteiger partial charge < -0.3 is 10.4 Å². The van der Waals surface area contributed by atoms with Gasteiger partial charge in [0.25, 0.3) is 0 Å². The fourth-order valence-electron chi connectivity index (χ4n) is 0.590. The SMILES string of the molecule is CCC(Br)=C(NC(C)=O)C(=O)O. The average Bonchev–Trinajstić information content (AvgIpc) is 1.98. The van der Waals surface area contributed by atoms with Crippen LogP contribution in [0.25, 0.3) is 0 Å². The highest BCUT2D eigenvalue weighted by Crippen LogP contribution is 2.13. The molecule has 0 aliphatic rings. The van der Waals surface area contributed by atoms with Gasteiger partial charge in [-0.2, -0.15) is 0 Å². The Morgan fingerprint density at radius 1 is 1.50 bits per heavy atom. The van der Waals surface area contributed by atoms with Gasteiger partial charge in [0.05, 0.1) is 0 Å². The fraction of sp³-hybridized carbons (Fsp3) is 0.429. The predicted molar refractivity (Wildman–Crippen MR) is 47.7 cm³/mol. The molecule has 0 saturated carbocycles. The molecule has 0 fully saturated rings. The summed E-state index contributed by atoms with van der Waals surface area (Å²) in [5, 5.41) is 10.8. The molecule has 5 heteroatoms. The lowest BCUT2D eigenvalue weighted by Gasteiger charge is -2.04. The normalized spacial score (nSPS) is 11.9. The number of hydrogen-bond donors (Lipinski definition) is 2. The van der Waals surface area contributed by atoms with Crippen molar-refractivity contribution in [1.82, 2.24) is 5.32 Å². The Morgan fingerprint density at radius 2 is 2.00 bits per heavy atom. The molecule has 0 atom stereocenters. The highest BCUT2D eigenvalue weighted by atomic mass is 79.9. The zero-order chi connectivity index (χ0) is 9.72. The van der Waals surface area contributed by atoms with Crippen molar-refractivity contribution in [1.29, 1.82) is 0 Å². The van der Waals surface area contributed by atoms with E-state index in [1.807, 2.05) is 0 Å². The molecule has 4 nitrogen and oxygen atoms in total. The maximum Gasteiger partial charge on any atom is 0.353 e. The van der Waals surface area contributed by atoms with Crippen molar-refractivity contribution < 1.29 is 14.7 Å². The molecule has 0 aromatic heterocycles. The van der Waals surface area contributed by atoms with E-state index < -0.39 is 11.9 Å². The summed E-state index contributed by atoms with van der Waals surface area (Å²) in [6.45, 7) is 3.05. The van der Waals surface area contributed by atoms with E-state index in [0.717, 1.165) is 0 Å². The first-order valence-electron chi connectivity index (χ1n) is 3.38. The van der Waals surface area contributed by atoms with E-state index in [0.29, 0.717) is 10.9 Å². The van der Waals surface area contributed by atoms with E-state index in [1.54, 1.807) is 6.92 Å². The Kier molecular flexibility index (Phi) is 4.58. The maximum absolute atomic E-state index is 10.5. The second kappa shape index (κ2) is 4.92. The van der Waals surface area contributed by atoms with Gasteiger partial charge in [0.1, 0.15) is 5.70 Å². The molecule has 12 heavy (non-hydrogen) atoms. The molecule has 1 amide bonds. The Morgan fingerprint density at radius 3 is 2.25 bits per heavy atom. The molecule has 0 aliphatic heterocycles. The molecule has 0 rings (SSSR count). The van der Waals surface area contributed by atoms with E-state index in [-0.39, 0.29) is 5.70 Å². The summed E-state index contributed by atoms with van der Waals surface area (Å²) < 4.78 is 0.477. The number of carbonyl (C=O) groups is 2. The number of carboxylic acid groups (broad SMARTS) is 1. The average molecular weight is 236 g/mol. The summed E-state index contributed by atoms with van der Waals surface area (Å²) in [5.74, 6) is -1.53. The summed E-state index contributed by atoms with van der Waals surface area (Å²) >= 11 is 3.06. The van der Waals surface area contributed by atoms with E-state index in [9.17, 15) is 9.59 Å². The van der Waals surface area contributed by atoms with Gasteiger partial charge >= 0.3 is 5.97 Å². The Balaban J connectivity index is 4.66. The van der Waals surface area contributed by atoms with Crippen LogP contribution < -0.4 is 5.32 Å². The van der Waals surface area contributed by atoms with Gasteiger partial charge in [-0.1, -0.05) is 22.9 Å². The predicted octanol–water partition coefficient (Wildman–Crippen LogP) is 1.22. The summed E-state index contributed by atoms with van der Waals surface area (Å²) in [6, 6.07) is 0. The number of carbonyl (C=O) groups excluding carboxylic acids is 1. The number of hydrogen-bond acceptors (Lipinski definition) is 2. The standard InChI is InChI=1S/C7H10BrNO3/c1-3-5(8)6(7(11)12)9-4(2)10/h3H2,1-2H3,(H,9,10)(H,11,12). The van der Waals surface area contributed by atoms with Crippen molar-refractivity contribution in [3.63, 3.8) is 0 Å². The Hall–Kier alpha value is -0.840. The van der Waals surface area contributed by atoms with Gasteiger partial charge in [0.15, 0.2) is 0 Å². The van der Waals surface area contributed by atoms with Gasteiger partial charge in [-0.3, -0.25) is 4.79 Å². The van der Waals surface area contributed by atoms with Crippen molar-refractivity contribution in [3.05, 3.63) is 10.2 Å². The van der Waals surface area contributed by atoms with E-state index in [2.05, 4.69) is 21.2 Å². The molecule has 68 valence electrons. The number of nitrogens with one attached hydrogen (secondary N) is 1. The number of carboxylic acids is 1. The topological polar surface area (TPSA) is 66.4 Å². The van der Waals surface area contributed by atoms with Crippen LogP contribution in [0.4, 0.5) is 0 Å². The number of amides is 1. The van der Waals surface area contributed by atoms with E-state index >= 15 is 0 Å².